The summed E-state index contributed by atoms with van der Waals surface area (Å²) in [5.74, 6) is 6.53. The normalized spacial score (nSPS) is 12.1. The van der Waals surface area contributed by atoms with Crippen LogP contribution in [-0.2, 0) is 4.79 Å². The van der Waals surface area contributed by atoms with Gasteiger partial charge in [0.2, 0.25) is 11.1 Å². The lowest BCUT2D eigenvalue weighted by Crippen LogP contribution is -2.28. The quantitative estimate of drug-likeness (QED) is 0.640. The van der Waals surface area contributed by atoms with Gasteiger partial charge in [-0.05, 0) is 19.4 Å². The molecule has 2 rings (SSSR count). The number of nitrogen functional groups attached to an aromatic ring is 1. The van der Waals surface area contributed by atoms with Crippen molar-refractivity contribution in [1.29, 1.82) is 0 Å². The zero-order chi connectivity index (χ0) is 14.5. The van der Waals surface area contributed by atoms with Gasteiger partial charge < -0.3 is 11.2 Å². The largest absolute Gasteiger partial charge is 0.349 e. The Morgan fingerprint density at radius 2 is 2.10 bits per heavy atom. The molecule has 0 spiro atoms. The molecule has 0 aliphatic rings. The van der Waals surface area contributed by atoms with Crippen LogP contribution in [0.5, 0.6) is 0 Å². The molecule has 6 nitrogen and oxygen atoms in total. The molecule has 0 bridgehead atoms. The second-order valence-corrected chi connectivity index (χ2v) is 5.33. The van der Waals surface area contributed by atoms with Crippen LogP contribution in [0.15, 0.2) is 35.5 Å². The summed E-state index contributed by atoms with van der Waals surface area (Å²) in [6.07, 6.45) is 0. The number of rotatable bonds is 5. The smallest absolute Gasteiger partial charge is 0.230 e. The maximum absolute atomic E-state index is 11.9. The summed E-state index contributed by atoms with van der Waals surface area (Å²) < 4.78 is 1.37. The number of hydrogen-bond donors (Lipinski definition) is 2. The molecule has 0 radical (unpaired) electrons. The molecule has 1 heterocycles. The van der Waals surface area contributed by atoms with Gasteiger partial charge in [-0.1, -0.05) is 42.1 Å². The molecular weight excluding hydrogens is 274 g/mol. The monoisotopic (exact) mass is 291 g/mol. The van der Waals surface area contributed by atoms with Crippen molar-refractivity contribution in [2.75, 3.05) is 11.6 Å². The third-order valence-electron chi connectivity index (χ3n) is 2.84. The first-order valence-corrected chi connectivity index (χ1v) is 7.20. The van der Waals surface area contributed by atoms with Gasteiger partial charge in [-0.15, -0.1) is 10.2 Å². The first-order valence-electron chi connectivity index (χ1n) is 6.22. The van der Waals surface area contributed by atoms with Crippen molar-refractivity contribution in [2.45, 2.75) is 25.0 Å². The average Bonchev–Trinajstić information content (AvgIpc) is 2.77. The molecule has 2 aromatic rings. The van der Waals surface area contributed by atoms with E-state index in [9.17, 15) is 4.79 Å². The molecule has 1 amide bonds. The number of carbonyl (C=O) groups excluding carboxylic acids is 1. The van der Waals surface area contributed by atoms with Gasteiger partial charge in [0.05, 0.1) is 11.8 Å². The van der Waals surface area contributed by atoms with Crippen LogP contribution >= 0.6 is 11.8 Å². The number of aromatic nitrogens is 3. The van der Waals surface area contributed by atoms with Crippen LogP contribution < -0.4 is 11.2 Å². The Balaban J connectivity index is 1.85. The Hall–Kier alpha value is -2.02. The Labute approximate surface area is 121 Å². The summed E-state index contributed by atoms with van der Waals surface area (Å²) in [5.41, 5.74) is 1.07. The highest BCUT2D eigenvalue weighted by Gasteiger charge is 2.12. The standard InChI is InChI=1S/C13H17N5OS/c1-9(11-6-4-3-5-7-11)15-12(19)8-20-13-17-16-10(2)18(13)14/h3-7,9H,8,14H2,1-2H3,(H,15,19)/t9-/m1/s1. The molecule has 7 heteroatoms. The van der Waals surface area contributed by atoms with Crippen LogP contribution in [0, 0.1) is 6.92 Å². The van der Waals surface area contributed by atoms with E-state index in [1.807, 2.05) is 37.3 Å². The van der Waals surface area contributed by atoms with Crippen molar-refractivity contribution in [3.05, 3.63) is 41.7 Å². The molecule has 0 saturated heterocycles. The molecule has 0 saturated carbocycles. The molecular formula is C13H17N5OS. The van der Waals surface area contributed by atoms with Crippen LogP contribution in [0.2, 0.25) is 0 Å². The zero-order valence-electron chi connectivity index (χ0n) is 11.4. The maximum atomic E-state index is 11.9. The molecule has 106 valence electrons. The van der Waals surface area contributed by atoms with E-state index < -0.39 is 0 Å². The summed E-state index contributed by atoms with van der Waals surface area (Å²) in [4.78, 5) is 11.9. The molecule has 0 aliphatic heterocycles. The first kappa shape index (κ1) is 14.4. The van der Waals surface area contributed by atoms with Crippen molar-refractivity contribution in [2.24, 2.45) is 0 Å². The highest BCUT2D eigenvalue weighted by Crippen LogP contribution is 2.15. The fourth-order valence-corrected chi connectivity index (χ4v) is 2.40. The van der Waals surface area contributed by atoms with Crippen LogP contribution in [0.1, 0.15) is 24.4 Å². The number of amides is 1. The lowest BCUT2D eigenvalue weighted by atomic mass is 10.1. The molecule has 1 aromatic carbocycles. The van der Waals surface area contributed by atoms with Crippen molar-refractivity contribution in [3.8, 4) is 0 Å². The van der Waals surface area contributed by atoms with Crippen LogP contribution in [0.25, 0.3) is 0 Å². The van der Waals surface area contributed by atoms with Crippen LogP contribution in [-0.4, -0.2) is 26.5 Å². The van der Waals surface area contributed by atoms with E-state index in [4.69, 9.17) is 5.84 Å². The minimum Gasteiger partial charge on any atom is -0.349 e. The number of nitrogens with zero attached hydrogens (tertiary/aromatic N) is 3. The summed E-state index contributed by atoms with van der Waals surface area (Å²) in [5, 5.41) is 11.2. The van der Waals surface area contributed by atoms with Gasteiger partial charge in [-0.3, -0.25) is 4.79 Å². The average molecular weight is 291 g/mol. The molecule has 1 aromatic heterocycles. The van der Waals surface area contributed by atoms with E-state index in [2.05, 4.69) is 15.5 Å². The summed E-state index contributed by atoms with van der Waals surface area (Å²) in [6, 6.07) is 9.79. The SMILES string of the molecule is Cc1nnc(SCC(=O)N[C@H](C)c2ccccc2)n1N. The van der Waals surface area contributed by atoms with E-state index in [1.165, 1.54) is 16.4 Å². The topological polar surface area (TPSA) is 85.8 Å². The first-order chi connectivity index (χ1) is 9.58. The van der Waals surface area contributed by atoms with E-state index >= 15 is 0 Å². The Morgan fingerprint density at radius 1 is 1.40 bits per heavy atom. The van der Waals surface area contributed by atoms with E-state index in [0.717, 1.165) is 5.56 Å². The van der Waals surface area contributed by atoms with Crippen LogP contribution in [0.4, 0.5) is 0 Å². The molecule has 3 N–H and O–H groups in total. The predicted molar refractivity (Wildman–Crippen MR) is 78.6 cm³/mol. The zero-order valence-corrected chi connectivity index (χ0v) is 12.2. The van der Waals surface area contributed by atoms with Crippen LogP contribution in [0.3, 0.4) is 0 Å². The fourth-order valence-electron chi connectivity index (χ4n) is 1.69. The molecule has 0 fully saturated rings. The minimum absolute atomic E-state index is 0.0261. The summed E-state index contributed by atoms with van der Waals surface area (Å²) in [7, 11) is 0. The molecule has 0 aliphatic carbocycles. The third kappa shape index (κ3) is 3.51. The van der Waals surface area contributed by atoms with Gasteiger partial charge in [-0.2, -0.15) is 0 Å². The van der Waals surface area contributed by atoms with Crippen molar-refractivity contribution < 1.29 is 4.79 Å². The number of benzene rings is 1. The van der Waals surface area contributed by atoms with E-state index in [0.29, 0.717) is 11.0 Å². The number of aryl methyl sites for hydroxylation is 1. The van der Waals surface area contributed by atoms with Gasteiger partial charge in [0.15, 0.2) is 0 Å². The van der Waals surface area contributed by atoms with Gasteiger partial charge in [0.25, 0.3) is 0 Å². The Kier molecular flexibility index (Phi) is 4.62. The number of thioether (sulfide) groups is 1. The van der Waals surface area contributed by atoms with Gasteiger partial charge in [0, 0.05) is 0 Å². The van der Waals surface area contributed by atoms with Gasteiger partial charge in [0.1, 0.15) is 5.82 Å². The Bertz CT molecular complexity index is 584. The van der Waals surface area contributed by atoms with E-state index in [-0.39, 0.29) is 17.7 Å². The highest BCUT2D eigenvalue weighted by molar-refractivity contribution is 7.99. The van der Waals surface area contributed by atoms with E-state index in [1.54, 1.807) is 6.92 Å². The molecule has 0 unspecified atom stereocenters. The number of nitrogens with two attached hydrogens (primary N) is 1. The highest BCUT2D eigenvalue weighted by atomic mass is 32.2. The number of carbonyl (C=O) groups is 1. The van der Waals surface area contributed by atoms with Gasteiger partial charge >= 0.3 is 0 Å². The molecule has 1 atom stereocenters. The molecule has 20 heavy (non-hydrogen) atoms. The van der Waals surface area contributed by atoms with Crippen molar-refractivity contribution >= 4 is 17.7 Å². The lowest BCUT2D eigenvalue weighted by Gasteiger charge is -2.13. The second-order valence-electron chi connectivity index (χ2n) is 4.39. The minimum atomic E-state index is -0.0630. The van der Waals surface area contributed by atoms with Crippen molar-refractivity contribution in [3.63, 3.8) is 0 Å². The number of nitrogens with one attached hydrogen (secondary N) is 1. The second kappa shape index (κ2) is 6.42. The number of hydrogen-bond acceptors (Lipinski definition) is 5. The summed E-state index contributed by atoms with van der Waals surface area (Å²) >= 11 is 1.27. The predicted octanol–water partition coefficient (Wildman–Crippen LogP) is 1.27. The lowest BCUT2D eigenvalue weighted by molar-refractivity contribution is -0.119. The summed E-state index contributed by atoms with van der Waals surface area (Å²) in [6.45, 7) is 3.71. The fraction of sp³-hybridized carbons (Fsp3) is 0.308. The van der Waals surface area contributed by atoms with Crippen molar-refractivity contribution in [1.82, 2.24) is 20.2 Å². The maximum Gasteiger partial charge on any atom is 0.230 e. The van der Waals surface area contributed by atoms with Gasteiger partial charge in [-0.25, -0.2) is 4.68 Å². The Morgan fingerprint density at radius 3 is 2.70 bits per heavy atom. The third-order valence-corrected chi connectivity index (χ3v) is 3.79.